The zero-order valence-corrected chi connectivity index (χ0v) is 13.5. The zero-order valence-electron chi connectivity index (χ0n) is 12.7. The Morgan fingerprint density at radius 2 is 1.95 bits per heavy atom. The summed E-state index contributed by atoms with van der Waals surface area (Å²) in [4.78, 5) is 16.0. The Kier molecular flexibility index (Phi) is 4.77. The van der Waals surface area contributed by atoms with Crippen molar-refractivity contribution in [2.75, 3.05) is 13.1 Å². The molecule has 0 bridgehead atoms. The van der Waals surface area contributed by atoms with Crippen LogP contribution in [0.4, 0.5) is 0 Å². The molecule has 0 aliphatic carbocycles. The van der Waals surface area contributed by atoms with Gasteiger partial charge in [-0.3, -0.25) is 4.79 Å². The molecule has 2 aromatic heterocycles. The van der Waals surface area contributed by atoms with Crippen molar-refractivity contribution in [1.29, 1.82) is 0 Å². The largest absolute Gasteiger partial charge is 0.340 e. The number of pyridine rings is 1. The fourth-order valence-corrected chi connectivity index (χ4v) is 3.53. The highest BCUT2D eigenvalue weighted by atomic mass is 32.2. The Balaban J connectivity index is 2.40. The lowest BCUT2D eigenvalue weighted by atomic mass is 10.4. The number of nitrogens with zero attached hydrogens (tertiary/aromatic N) is 4. The van der Waals surface area contributed by atoms with E-state index in [1.54, 1.807) is 20.8 Å². The minimum absolute atomic E-state index is 0.0534. The molecule has 0 saturated carbocycles. The summed E-state index contributed by atoms with van der Waals surface area (Å²) in [5.41, 5.74) is -0.332. The highest BCUT2D eigenvalue weighted by Crippen LogP contribution is 2.13. The topological polar surface area (TPSA) is 98.3 Å². The van der Waals surface area contributed by atoms with Gasteiger partial charge in [-0.25, -0.2) is 8.42 Å². The highest BCUT2D eigenvalue weighted by molar-refractivity contribution is 7.89. The molecular formula is C13H18N4O4S. The van der Waals surface area contributed by atoms with Crippen LogP contribution in [0.3, 0.4) is 0 Å². The molecule has 0 aliphatic rings. The van der Waals surface area contributed by atoms with Crippen LogP contribution in [0.1, 0.15) is 25.6 Å². The summed E-state index contributed by atoms with van der Waals surface area (Å²) in [6.45, 7) is 5.95. The molecule has 120 valence electrons. The molecule has 2 rings (SSSR count). The number of hydrogen-bond acceptors (Lipinski definition) is 6. The lowest BCUT2D eigenvalue weighted by Gasteiger charge is -2.18. The van der Waals surface area contributed by atoms with Crippen molar-refractivity contribution >= 4 is 10.0 Å². The summed E-state index contributed by atoms with van der Waals surface area (Å²) < 4.78 is 32.4. The van der Waals surface area contributed by atoms with Gasteiger partial charge in [0.05, 0.1) is 11.4 Å². The monoisotopic (exact) mass is 326 g/mol. The molecule has 2 aromatic rings. The molecule has 0 aliphatic heterocycles. The van der Waals surface area contributed by atoms with Crippen LogP contribution in [0, 0.1) is 6.92 Å². The summed E-state index contributed by atoms with van der Waals surface area (Å²) in [6.07, 6.45) is 1.31. The van der Waals surface area contributed by atoms with Crippen LogP contribution in [0.2, 0.25) is 0 Å². The van der Waals surface area contributed by atoms with Crippen molar-refractivity contribution in [3.8, 4) is 0 Å². The minimum atomic E-state index is -3.62. The predicted octanol–water partition coefficient (Wildman–Crippen LogP) is 0.619. The average Bonchev–Trinajstić information content (AvgIpc) is 2.87. The van der Waals surface area contributed by atoms with Crippen molar-refractivity contribution in [2.45, 2.75) is 32.2 Å². The van der Waals surface area contributed by atoms with Crippen molar-refractivity contribution < 1.29 is 12.9 Å². The lowest BCUT2D eigenvalue weighted by Crippen LogP contribution is -2.32. The number of hydrogen-bond donors (Lipinski definition) is 0. The Labute approximate surface area is 128 Å². The summed E-state index contributed by atoms with van der Waals surface area (Å²) in [6, 6.07) is 2.54. The van der Waals surface area contributed by atoms with E-state index >= 15 is 0 Å². The molecule has 8 nitrogen and oxygen atoms in total. The predicted molar refractivity (Wildman–Crippen MR) is 78.9 cm³/mol. The standard InChI is InChI=1S/C13H18N4O4S/c1-4-17(5-2)22(19,20)11-6-7-13(18)16(8-11)9-12-14-10(3)21-15-12/h6-8H,4-5,9H2,1-3H3. The van der Waals surface area contributed by atoms with Crippen molar-refractivity contribution in [1.82, 2.24) is 19.0 Å². The second-order valence-electron chi connectivity index (χ2n) is 4.65. The first kappa shape index (κ1) is 16.4. The summed E-state index contributed by atoms with van der Waals surface area (Å²) in [5.74, 6) is 0.701. The summed E-state index contributed by atoms with van der Waals surface area (Å²) in [5, 5.41) is 3.71. The SMILES string of the molecule is CCN(CC)S(=O)(=O)c1ccc(=O)n(Cc2noc(C)n2)c1. The van der Waals surface area contributed by atoms with E-state index in [0.29, 0.717) is 24.8 Å². The van der Waals surface area contributed by atoms with E-state index in [2.05, 4.69) is 10.1 Å². The van der Waals surface area contributed by atoms with Gasteiger partial charge in [0.25, 0.3) is 5.56 Å². The molecule has 9 heteroatoms. The van der Waals surface area contributed by atoms with Gasteiger partial charge >= 0.3 is 0 Å². The molecular weight excluding hydrogens is 308 g/mol. The van der Waals surface area contributed by atoms with Gasteiger partial charge in [-0.1, -0.05) is 19.0 Å². The third-order valence-electron chi connectivity index (χ3n) is 3.18. The number of rotatable bonds is 6. The van der Waals surface area contributed by atoms with Crippen LogP contribution in [0.15, 0.2) is 32.5 Å². The summed E-state index contributed by atoms with van der Waals surface area (Å²) in [7, 11) is -3.62. The molecule has 0 atom stereocenters. The maximum atomic E-state index is 12.5. The Morgan fingerprint density at radius 1 is 1.27 bits per heavy atom. The fraction of sp³-hybridized carbons (Fsp3) is 0.462. The van der Waals surface area contributed by atoms with Gasteiger partial charge in [-0.05, 0) is 6.07 Å². The Bertz CT molecular complexity index is 805. The van der Waals surface area contributed by atoms with Crippen molar-refractivity contribution in [3.05, 3.63) is 40.4 Å². The quantitative estimate of drug-likeness (QED) is 0.771. The molecule has 0 amide bonds. The van der Waals surface area contributed by atoms with E-state index in [9.17, 15) is 13.2 Å². The lowest BCUT2D eigenvalue weighted by molar-refractivity contribution is 0.385. The molecule has 2 heterocycles. The van der Waals surface area contributed by atoms with Crippen LogP contribution >= 0.6 is 0 Å². The number of aromatic nitrogens is 3. The molecule has 0 fully saturated rings. The molecule has 22 heavy (non-hydrogen) atoms. The molecule has 0 radical (unpaired) electrons. The molecule has 0 unspecified atom stereocenters. The van der Waals surface area contributed by atoms with Gasteiger partial charge in [0.15, 0.2) is 5.82 Å². The zero-order chi connectivity index (χ0) is 16.3. The molecule has 0 spiro atoms. The Hall–Kier alpha value is -2.00. The van der Waals surface area contributed by atoms with Gasteiger partial charge in [0.2, 0.25) is 15.9 Å². The van der Waals surface area contributed by atoms with E-state index in [1.807, 2.05) is 0 Å². The van der Waals surface area contributed by atoms with Gasteiger partial charge in [-0.15, -0.1) is 0 Å². The van der Waals surface area contributed by atoms with Crippen LogP contribution < -0.4 is 5.56 Å². The third-order valence-corrected chi connectivity index (χ3v) is 5.21. The fourth-order valence-electron chi connectivity index (χ4n) is 2.06. The van der Waals surface area contributed by atoms with Gasteiger partial charge in [-0.2, -0.15) is 9.29 Å². The second-order valence-corrected chi connectivity index (χ2v) is 6.59. The smallest absolute Gasteiger partial charge is 0.251 e. The highest BCUT2D eigenvalue weighted by Gasteiger charge is 2.22. The maximum Gasteiger partial charge on any atom is 0.251 e. The van der Waals surface area contributed by atoms with Gasteiger partial charge < -0.3 is 9.09 Å². The molecule has 0 aromatic carbocycles. The molecule has 0 saturated heterocycles. The number of sulfonamides is 1. The van der Waals surface area contributed by atoms with E-state index in [4.69, 9.17) is 4.52 Å². The summed E-state index contributed by atoms with van der Waals surface area (Å²) >= 11 is 0. The molecule has 0 N–H and O–H groups in total. The van der Waals surface area contributed by atoms with E-state index in [0.717, 1.165) is 0 Å². The van der Waals surface area contributed by atoms with E-state index in [-0.39, 0.29) is 17.0 Å². The second kappa shape index (κ2) is 6.41. The van der Waals surface area contributed by atoms with Crippen LogP contribution in [0.5, 0.6) is 0 Å². The first-order valence-corrected chi connectivity index (χ1v) is 8.32. The Morgan fingerprint density at radius 3 is 2.50 bits per heavy atom. The van der Waals surface area contributed by atoms with Crippen molar-refractivity contribution in [3.63, 3.8) is 0 Å². The normalized spacial score (nSPS) is 12.0. The van der Waals surface area contributed by atoms with E-state index in [1.165, 1.54) is 27.2 Å². The first-order chi connectivity index (χ1) is 10.4. The van der Waals surface area contributed by atoms with E-state index < -0.39 is 10.0 Å². The first-order valence-electron chi connectivity index (χ1n) is 6.88. The maximum absolute atomic E-state index is 12.5. The van der Waals surface area contributed by atoms with Gasteiger partial charge in [0, 0.05) is 32.3 Å². The van der Waals surface area contributed by atoms with Crippen LogP contribution in [0.25, 0.3) is 0 Å². The average molecular weight is 326 g/mol. The van der Waals surface area contributed by atoms with Crippen molar-refractivity contribution in [2.24, 2.45) is 0 Å². The number of aryl methyl sites for hydroxylation is 1. The minimum Gasteiger partial charge on any atom is -0.340 e. The van der Waals surface area contributed by atoms with Crippen LogP contribution in [-0.2, 0) is 16.6 Å². The van der Waals surface area contributed by atoms with Crippen LogP contribution in [-0.4, -0.2) is 40.5 Å². The van der Waals surface area contributed by atoms with Gasteiger partial charge in [0.1, 0.15) is 0 Å². The third kappa shape index (κ3) is 3.25.